The summed E-state index contributed by atoms with van der Waals surface area (Å²) >= 11 is 6.07. The van der Waals surface area contributed by atoms with Crippen LogP contribution in [0.15, 0.2) is 29.8 Å². The summed E-state index contributed by atoms with van der Waals surface area (Å²) in [7, 11) is 0. The number of rotatable bonds is 5. The molecular formula is C26H38ClN3O3. The summed E-state index contributed by atoms with van der Waals surface area (Å²) in [6, 6.07) is 5.79. The molecule has 6 atom stereocenters. The molecule has 2 heterocycles. The Morgan fingerprint density at radius 1 is 1.30 bits per heavy atom. The van der Waals surface area contributed by atoms with Crippen molar-refractivity contribution in [1.82, 2.24) is 9.88 Å². The van der Waals surface area contributed by atoms with Crippen molar-refractivity contribution in [2.24, 2.45) is 23.7 Å². The molecule has 0 spiro atoms. The van der Waals surface area contributed by atoms with E-state index in [0.29, 0.717) is 23.4 Å². The fraction of sp³-hybridized carbons (Fsp3) is 0.692. The third-order valence-corrected chi connectivity index (χ3v) is 8.48. The highest BCUT2D eigenvalue weighted by Gasteiger charge is 2.52. The number of anilines is 1. The molecule has 1 saturated heterocycles. The van der Waals surface area contributed by atoms with E-state index in [1.165, 1.54) is 6.92 Å². The number of ether oxygens (including phenoxy) is 1. The van der Waals surface area contributed by atoms with Crippen LogP contribution in [0.5, 0.6) is 0 Å². The largest absolute Gasteiger partial charge is 0.458 e. The highest BCUT2D eigenvalue weighted by molar-refractivity contribution is 6.29. The molecule has 1 aromatic heterocycles. The number of aromatic nitrogens is 1. The van der Waals surface area contributed by atoms with Gasteiger partial charge >= 0.3 is 5.97 Å². The second kappa shape index (κ2) is 9.93. The van der Waals surface area contributed by atoms with E-state index in [2.05, 4.69) is 34.7 Å². The summed E-state index contributed by atoms with van der Waals surface area (Å²) in [5, 5.41) is 12.3. The van der Waals surface area contributed by atoms with Crippen LogP contribution in [0.3, 0.4) is 0 Å². The third-order valence-electron chi connectivity index (χ3n) is 8.27. The van der Waals surface area contributed by atoms with Crippen LogP contribution < -0.4 is 4.90 Å². The van der Waals surface area contributed by atoms with Gasteiger partial charge in [0.05, 0.1) is 5.60 Å². The molecule has 4 rings (SSSR count). The topological polar surface area (TPSA) is 65.9 Å². The van der Waals surface area contributed by atoms with E-state index in [-0.39, 0.29) is 23.9 Å². The predicted molar refractivity (Wildman–Crippen MR) is 131 cm³/mol. The fourth-order valence-corrected chi connectivity index (χ4v) is 6.43. The maximum atomic E-state index is 11.8. The number of hydrogen-bond donors (Lipinski definition) is 1. The van der Waals surface area contributed by atoms with Gasteiger partial charge in [0.2, 0.25) is 0 Å². The zero-order valence-electron chi connectivity index (χ0n) is 20.3. The number of hydrogen-bond acceptors (Lipinski definition) is 6. The standard InChI is InChI=1S/C26H38ClN3O3/c1-17-14-22-21(9-8-19(3)26(22,32)15-23(17)33-20(4)31)18(2)16-29-10-12-30(13-11-29)25-7-5-6-24(27)28-25/h5-7,14,18-19,21-23,32H,8-13,15-16H2,1-4H3/t18?,19-,21+,22-,23-,26-/m1/s1. The molecular weight excluding hydrogens is 438 g/mol. The Balaban J connectivity index is 1.40. The van der Waals surface area contributed by atoms with Crippen LogP contribution in [0.4, 0.5) is 5.82 Å². The van der Waals surface area contributed by atoms with Crippen molar-refractivity contribution in [3.8, 4) is 0 Å². The fourth-order valence-electron chi connectivity index (χ4n) is 6.27. The highest BCUT2D eigenvalue weighted by atomic mass is 35.5. The molecule has 2 fully saturated rings. The minimum atomic E-state index is -0.812. The van der Waals surface area contributed by atoms with Crippen LogP contribution in [0, 0.1) is 23.7 Å². The zero-order valence-corrected chi connectivity index (χ0v) is 21.1. The molecule has 1 unspecified atom stereocenters. The van der Waals surface area contributed by atoms with Crippen molar-refractivity contribution >= 4 is 23.4 Å². The molecule has 3 aliphatic rings. The van der Waals surface area contributed by atoms with Crippen molar-refractivity contribution in [3.05, 3.63) is 35.0 Å². The first-order chi connectivity index (χ1) is 15.7. The lowest BCUT2D eigenvalue weighted by Gasteiger charge is -2.53. The van der Waals surface area contributed by atoms with E-state index in [9.17, 15) is 9.90 Å². The molecule has 6 nitrogen and oxygen atoms in total. The van der Waals surface area contributed by atoms with Gasteiger partial charge < -0.3 is 14.7 Å². The normalized spacial score (nSPS) is 33.8. The lowest BCUT2D eigenvalue weighted by Crippen LogP contribution is -2.56. The first-order valence-corrected chi connectivity index (χ1v) is 12.7. The van der Waals surface area contributed by atoms with Crippen LogP contribution in [0.1, 0.15) is 47.0 Å². The molecule has 182 valence electrons. The van der Waals surface area contributed by atoms with Crippen LogP contribution in [0.2, 0.25) is 5.15 Å². The summed E-state index contributed by atoms with van der Waals surface area (Å²) in [4.78, 5) is 20.9. The minimum absolute atomic E-state index is 0.111. The summed E-state index contributed by atoms with van der Waals surface area (Å²) in [5.41, 5.74) is 0.266. The van der Waals surface area contributed by atoms with Crippen LogP contribution in [-0.2, 0) is 9.53 Å². The Labute approximate surface area is 202 Å². The number of esters is 1. The van der Waals surface area contributed by atoms with Crippen molar-refractivity contribution < 1.29 is 14.6 Å². The summed E-state index contributed by atoms with van der Waals surface area (Å²) in [6.07, 6.45) is 4.56. The van der Waals surface area contributed by atoms with Gasteiger partial charge in [-0.15, -0.1) is 0 Å². The summed E-state index contributed by atoms with van der Waals surface area (Å²) in [5.74, 6) is 1.87. The van der Waals surface area contributed by atoms with Crippen LogP contribution in [-0.4, -0.2) is 65.4 Å². The quantitative estimate of drug-likeness (QED) is 0.391. The Kier molecular flexibility index (Phi) is 7.37. The molecule has 1 aromatic rings. The molecule has 0 amide bonds. The van der Waals surface area contributed by atoms with Crippen molar-refractivity contribution in [1.29, 1.82) is 0 Å². The Morgan fingerprint density at radius 2 is 2.03 bits per heavy atom. The van der Waals surface area contributed by atoms with Gasteiger partial charge in [0.15, 0.2) is 0 Å². The SMILES string of the molecule is CC(=O)O[C@@H]1C[C@@]2(O)[C@H](C)CC[C@@H](C(C)CN3CCN(c4cccc(Cl)n4)CC3)[C@H]2C=C1C. The molecule has 0 aromatic carbocycles. The van der Waals surface area contributed by atoms with Gasteiger partial charge in [0.1, 0.15) is 17.1 Å². The Hall–Kier alpha value is -1.63. The van der Waals surface area contributed by atoms with Crippen LogP contribution >= 0.6 is 11.6 Å². The molecule has 1 N–H and O–H groups in total. The lowest BCUT2D eigenvalue weighted by molar-refractivity contribution is -0.159. The first-order valence-electron chi connectivity index (χ1n) is 12.3. The molecule has 1 aliphatic heterocycles. The predicted octanol–water partition coefficient (Wildman–Crippen LogP) is 4.17. The smallest absolute Gasteiger partial charge is 0.303 e. The third kappa shape index (κ3) is 5.23. The molecule has 2 aliphatic carbocycles. The summed E-state index contributed by atoms with van der Waals surface area (Å²) < 4.78 is 5.54. The number of piperazine rings is 1. The maximum absolute atomic E-state index is 11.8. The second-order valence-electron chi connectivity index (χ2n) is 10.5. The van der Waals surface area contributed by atoms with E-state index in [1.807, 2.05) is 25.1 Å². The first kappa shape index (κ1) is 24.5. The van der Waals surface area contributed by atoms with Gasteiger partial charge in [-0.3, -0.25) is 9.69 Å². The highest BCUT2D eigenvalue weighted by Crippen LogP contribution is 2.51. The lowest BCUT2D eigenvalue weighted by atomic mass is 9.57. The van der Waals surface area contributed by atoms with Gasteiger partial charge in [0.25, 0.3) is 0 Å². The molecule has 0 radical (unpaired) electrons. The minimum Gasteiger partial charge on any atom is -0.458 e. The van der Waals surface area contributed by atoms with E-state index in [1.54, 1.807) is 0 Å². The number of aliphatic hydroxyl groups is 1. The number of fused-ring (bicyclic) bond motifs is 1. The van der Waals surface area contributed by atoms with Gasteiger partial charge in [-0.05, 0) is 55.2 Å². The molecule has 0 bridgehead atoms. The average Bonchev–Trinajstić information content (AvgIpc) is 2.76. The van der Waals surface area contributed by atoms with Gasteiger partial charge in [-0.1, -0.05) is 37.6 Å². The second-order valence-corrected chi connectivity index (χ2v) is 10.8. The zero-order chi connectivity index (χ0) is 23.8. The van der Waals surface area contributed by atoms with E-state index in [4.69, 9.17) is 16.3 Å². The van der Waals surface area contributed by atoms with E-state index >= 15 is 0 Å². The number of carbonyl (C=O) groups is 1. The number of nitrogens with zero attached hydrogens (tertiary/aromatic N) is 3. The Morgan fingerprint density at radius 3 is 2.70 bits per heavy atom. The van der Waals surface area contributed by atoms with Gasteiger partial charge in [-0.25, -0.2) is 4.98 Å². The number of halogens is 1. The average molecular weight is 476 g/mol. The molecule has 33 heavy (non-hydrogen) atoms. The monoisotopic (exact) mass is 475 g/mol. The van der Waals surface area contributed by atoms with Gasteiger partial charge in [-0.2, -0.15) is 0 Å². The van der Waals surface area contributed by atoms with Crippen LogP contribution in [0.25, 0.3) is 0 Å². The number of pyridine rings is 1. The molecule has 1 saturated carbocycles. The maximum Gasteiger partial charge on any atom is 0.303 e. The molecule has 7 heteroatoms. The van der Waals surface area contributed by atoms with Gasteiger partial charge in [0, 0.05) is 52.0 Å². The van der Waals surface area contributed by atoms with E-state index < -0.39 is 5.60 Å². The Bertz CT molecular complexity index is 885. The van der Waals surface area contributed by atoms with Crippen molar-refractivity contribution in [3.63, 3.8) is 0 Å². The van der Waals surface area contributed by atoms with E-state index in [0.717, 1.165) is 57.0 Å². The number of carbonyl (C=O) groups excluding carboxylic acids is 1. The van der Waals surface area contributed by atoms with Crippen molar-refractivity contribution in [2.75, 3.05) is 37.6 Å². The van der Waals surface area contributed by atoms with Crippen molar-refractivity contribution in [2.45, 2.75) is 58.7 Å². The summed E-state index contributed by atoms with van der Waals surface area (Å²) in [6.45, 7) is 12.9.